The Labute approximate surface area is 863 Å². The number of para-hydroxylation sites is 3. The minimum atomic E-state index is 0.882. The molecule has 0 aliphatic heterocycles. The Morgan fingerprint density at radius 2 is 0.460 bits per heavy atom. The standard InChI is InChI=1S/C53H29NOS.2C45H27NO/c1-3-16-44-41(13-1)50-42(52(54-44)39-24-21-32-19-18-30-8-5-9-31-20-23-38(39)49(32)48(30)31)25-27-46-51(50)43-29-34(22-26-45(43)55-46)33-10-6-11-35(28-33)36-14-7-15-40-37-12-2-4-17-47(37)56-53(36)40;2*1-2-11-28(12-3-1)45-37-22-24-42-44(43(37)36-19-8-9-20-40(36)46-45)39-26-30(21-23-41(39)47-42)29-14-10-15-31(25-29)38-27-32-13-4-5-16-33(32)34-17-6-7-18-35(34)38/h1-29H;2*1-27H. The van der Waals surface area contributed by atoms with Gasteiger partial charge in [0.2, 0.25) is 0 Å². The van der Waals surface area contributed by atoms with Crippen LogP contribution >= 0.6 is 11.3 Å². The molecule has 33 aromatic rings. The van der Waals surface area contributed by atoms with E-state index in [4.69, 9.17) is 28.2 Å². The number of nitrogens with zero attached hydrogens (tertiary/aromatic N) is 3. The molecule has 0 fully saturated rings. The Hall–Kier alpha value is -19.6. The van der Waals surface area contributed by atoms with E-state index in [9.17, 15) is 0 Å². The van der Waals surface area contributed by atoms with E-state index in [1.54, 1.807) is 0 Å². The minimum absolute atomic E-state index is 0.882. The number of benzene rings is 26. The molecule has 0 aliphatic rings. The number of rotatable bonds is 9. The van der Waals surface area contributed by atoms with Gasteiger partial charge in [0.25, 0.3) is 0 Å². The van der Waals surface area contributed by atoms with E-state index < -0.39 is 0 Å². The fourth-order valence-electron chi connectivity index (χ4n) is 24.4. The molecule has 0 saturated heterocycles. The Kier molecular flexibility index (Phi) is 19.3. The van der Waals surface area contributed by atoms with Crippen LogP contribution < -0.4 is 0 Å². The molecule has 7 aromatic heterocycles. The molecule has 0 amide bonds. The predicted octanol–water partition coefficient (Wildman–Crippen LogP) is 40.7. The van der Waals surface area contributed by atoms with Gasteiger partial charge in [-0.05, 0) is 270 Å². The lowest BCUT2D eigenvalue weighted by molar-refractivity contribution is 0.669. The minimum Gasteiger partial charge on any atom is -0.456 e. The summed E-state index contributed by atoms with van der Waals surface area (Å²) >= 11 is 1.88. The zero-order valence-corrected chi connectivity index (χ0v) is 81.7. The van der Waals surface area contributed by atoms with Gasteiger partial charge in [-0.1, -0.05) is 376 Å². The molecule has 0 atom stereocenters. The molecule has 0 spiro atoms. The highest BCUT2D eigenvalue weighted by Crippen LogP contribution is 2.52. The van der Waals surface area contributed by atoms with Gasteiger partial charge in [-0.2, -0.15) is 0 Å². The number of thiophene rings is 1. The molecular formula is C143H83N3O3S. The molecule has 6 nitrogen and oxygen atoms in total. The van der Waals surface area contributed by atoms with Crippen molar-refractivity contribution in [2.24, 2.45) is 0 Å². The maximum atomic E-state index is 6.64. The van der Waals surface area contributed by atoms with Crippen molar-refractivity contribution in [2.45, 2.75) is 0 Å². The molecule has 0 radical (unpaired) electrons. The third-order valence-corrected chi connectivity index (χ3v) is 32.4. The van der Waals surface area contributed by atoms with E-state index in [0.717, 1.165) is 165 Å². The summed E-state index contributed by atoms with van der Waals surface area (Å²) in [6, 6.07) is 181. The van der Waals surface area contributed by atoms with Crippen molar-refractivity contribution in [2.75, 3.05) is 0 Å². The normalized spacial score (nSPS) is 12.0. The number of aromatic nitrogens is 3. The monoisotopic (exact) mass is 1920 g/mol. The summed E-state index contributed by atoms with van der Waals surface area (Å²) in [5, 5.41) is 37.4. The number of pyridine rings is 3. The lowest BCUT2D eigenvalue weighted by Gasteiger charge is -2.16. The topological polar surface area (TPSA) is 78.1 Å². The molecule has 33 rings (SSSR count). The van der Waals surface area contributed by atoms with E-state index in [1.807, 2.05) is 23.5 Å². The van der Waals surface area contributed by atoms with E-state index >= 15 is 0 Å². The molecular weight excluding hydrogens is 1840 g/mol. The fourth-order valence-corrected chi connectivity index (χ4v) is 25.6. The van der Waals surface area contributed by atoms with Crippen LogP contribution in [-0.2, 0) is 0 Å². The van der Waals surface area contributed by atoms with Gasteiger partial charge < -0.3 is 13.3 Å². The summed E-state index contributed by atoms with van der Waals surface area (Å²) < 4.78 is 22.3. The number of hydrogen-bond donors (Lipinski definition) is 0. The van der Waals surface area contributed by atoms with Crippen LogP contribution in [0.2, 0.25) is 0 Å². The summed E-state index contributed by atoms with van der Waals surface area (Å²) in [7, 11) is 0. The molecule has 150 heavy (non-hydrogen) atoms. The largest absolute Gasteiger partial charge is 0.456 e. The lowest BCUT2D eigenvalue weighted by atomic mass is 9.89. The molecule has 0 saturated carbocycles. The van der Waals surface area contributed by atoms with Crippen LogP contribution in [0.5, 0.6) is 0 Å². The van der Waals surface area contributed by atoms with Crippen LogP contribution in [0, 0.1) is 0 Å². The number of hydrogen-bond acceptors (Lipinski definition) is 7. The Morgan fingerprint density at radius 3 is 0.933 bits per heavy atom. The first-order valence-corrected chi connectivity index (χ1v) is 52.0. The maximum absolute atomic E-state index is 6.64. The molecule has 7 heteroatoms. The first-order chi connectivity index (χ1) is 74.3. The summed E-state index contributed by atoms with van der Waals surface area (Å²) in [6.07, 6.45) is 0. The summed E-state index contributed by atoms with van der Waals surface area (Å²) in [6.45, 7) is 0. The van der Waals surface area contributed by atoms with Crippen LogP contribution in [0.15, 0.2) is 517 Å². The van der Waals surface area contributed by atoms with Crippen molar-refractivity contribution < 1.29 is 13.3 Å². The Bertz CT molecular complexity index is 11100. The second kappa shape index (κ2) is 34.0. The second-order valence-corrected chi connectivity index (χ2v) is 40.6. The highest BCUT2D eigenvalue weighted by Gasteiger charge is 2.27. The lowest BCUT2D eigenvalue weighted by Crippen LogP contribution is -1.92. The SMILES string of the molecule is c1cc(-c2ccc3oc4ccc5c(-c6ccc7ccc8cccc9ccc6c7c89)nc6ccccc6c5c4c3c2)cc(-c2cccc3c2sc2ccccc23)c1.c1ccc(-c2nc3ccccc3c3c2ccc2oc4ccc(-c5cccc(-c6cc7ccccc7c7ccccc67)c5)cc4c23)cc1.c1ccc(-c2nc3ccccc3c3c2ccc2oc4ccc(-c5cccc(-c6cc7ccccc7c7ccccc67)c5)cc4c23)cc1. The van der Waals surface area contributed by atoms with Gasteiger partial charge in [0.1, 0.15) is 33.5 Å². The van der Waals surface area contributed by atoms with Crippen molar-refractivity contribution in [3.8, 4) is 101 Å². The molecule has 0 N–H and O–H groups in total. The average Bonchev–Trinajstić information content (AvgIpc) is 1.26. The van der Waals surface area contributed by atoms with Gasteiger partial charge in [0, 0.05) is 118 Å². The summed E-state index contributed by atoms with van der Waals surface area (Å²) in [4.78, 5) is 15.8. The molecule has 0 aliphatic carbocycles. The van der Waals surface area contributed by atoms with Crippen molar-refractivity contribution >= 4 is 238 Å². The van der Waals surface area contributed by atoms with Crippen LogP contribution in [0.1, 0.15) is 0 Å². The van der Waals surface area contributed by atoms with Crippen LogP contribution in [0.4, 0.5) is 0 Å². The van der Waals surface area contributed by atoms with Gasteiger partial charge in [0.15, 0.2) is 0 Å². The number of furan rings is 3. The molecule has 26 aromatic carbocycles. The van der Waals surface area contributed by atoms with Crippen LogP contribution in [0.3, 0.4) is 0 Å². The van der Waals surface area contributed by atoms with Gasteiger partial charge >= 0.3 is 0 Å². The van der Waals surface area contributed by atoms with E-state index in [-0.39, 0.29) is 0 Å². The molecule has 0 unspecified atom stereocenters. The van der Waals surface area contributed by atoms with Crippen molar-refractivity contribution in [1.82, 2.24) is 15.0 Å². The number of fused-ring (bicyclic) bond motifs is 30. The van der Waals surface area contributed by atoms with Crippen molar-refractivity contribution in [3.05, 3.63) is 504 Å². The Morgan fingerprint density at radius 1 is 0.140 bits per heavy atom. The van der Waals surface area contributed by atoms with Gasteiger partial charge in [-0.15, -0.1) is 11.3 Å². The van der Waals surface area contributed by atoms with Crippen LogP contribution in [0.25, 0.3) is 327 Å². The zero-order valence-electron chi connectivity index (χ0n) is 80.9. The fraction of sp³-hybridized carbons (Fsp3) is 0. The summed E-state index contributed by atoms with van der Waals surface area (Å²) in [5.74, 6) is 0. The highest BCUT2D eigenvalue weighted by atomic mass is 32.1. The molecule has 7 heterocycles. The zero-order chi connectivity index (χ0) is 98.3. The average molecular weight is 1920 g/mol. The maximum Gasteiger partial charge on any atom is 0.136 e. The third-order valence-electron chi connectivity index (χ3n) is 31.2. The quantitative estimate of drug-likeness (QED) is 0.134. The smallest absolute Gasteiger partial charge is 0.136 e. The van der Waals surface area contributed by atoms with E-state index in [2.05, 4.69) is 491 Å². The van der Waals surface area contributed by atoms with Crippen molar-refractivity contribution in [1.29, 1.82) is 0 Å². The summed E-state index contributed by atoms with van der Waals surface area (Å²) in [5.41, 5.74) is 28.9. The Balaban J connectivity index is 0.000000102. The predicted molar refractivity (Wildman–Crippen MR) is 635 cm³/mol. The van der Waals surface area contributed by atoms with Gasteiger partial charge in [-0.3, -0.25) is 0 Å². The van der Waals surface area contributed by atoms with Crippen LogP contribution in [-0.4, -0.2) is 15.0 Å². The van der Waals surface area contributed by atoms with E-state index in [0.29, 0.717) is 0 Å². The van der Waals surface area contributed by atoms with Crippen molar-refractivity contribution in [3.63, 3.8) is 0 Å². The first-order valence-electron chi connectivity index (χ1n) is 51.2. The second-order valence-electron chi connectivity index (χ2n) is 39.6. The van der Waals surface area contributed by atoms with Gasteiger partial charge in [-0.25, -0.2) is 15.0 Å². The van der Waals surface area contributed by atoms with Gasteiger partial charge in [0.05, 0.1) is 33.6 Å². The first kappa shape index (κ1) is 84.9. The third kappa shape index (κ3) is 13.6. The molecule has 0 bridgehead atoms. The van der Waals surface area contributed by atoms with E-state index in [1.165, 1.54) is 162 Å². The highest BCUT2D eigenvalue weighted by molar-refractivity contribution is 7.26. The molecule has 694 valence electrons.